The molecule has 4 nitrogen and oxygen atoms in total. The molecule has 2 aromatic rings. The summed E-state index contributed by atoms with van der Waals surface area (Å²) in [7, 11) is 0. The van der Waals surface area contributed by atoms with Crippen LogP contribution in [0.4, 0.5) is 5.69 Å². The number of benzene rings is 2. The van der Waals surface area contributed by atoms with Crippen LogP contribution in [0.25, 0.3) is 12.2 Å². The number of para-hydroxylation sites is 1. The molecule has 0 saturated heterocycles. The minimum atomic E-state index is -0.583. The Morgan fingerprint density at radius 1 is 1.00 bits per heavy atom. The largest absolute Gasteiger partial charge is 0.502 e. The summed E-state index contributed by atoms with van der Waals surface area (Å²) in [6.45, 7) is 0. The van der Waals surface area contributed by atoms with Gasteiger partial charge in [-0.15, -0.1) is 0 Å². The maximum atomic E-state index is 10.9. The molecule has 0 amide bonds. The lowest BCUT2D eigenvalue weighted by atomic mass is 10.1. The van der Waals surface area contributed by atoms with Crippen LogP contribution in [0.15, 0.2) is 48.5 Å². The highest BCUT2D eigenvalue weighted by atomic mass is 16.6. The SMILES string of the molecule is O=[N+]([O-])c1c(O)cccc1/C=C/c1ccccc1. The lowest BCUT2D eigenvalue weighted by Gasteiger charge is -1.99. The summed E-state index contributed by atoms with van der Waals surface area (Å²) in [6, 6.07) is 13.9. The number of rotatable bonds is 3. The monoisotopic (exact) mass is 241 g/mol. The Hall–Kier alpha value is -2.62. The summed E-state index contributed by atoms with van der Waals surface area (Å²) in [5.41, 5.74) is 1.05. The maximum Gasteiger partial charge on any atom is 0.317 e. The molecule has 0 aliphatic carbocycles. The number of phenols is 1. The van der Waals surface area contributed by atoms with Crippen LogP contribution in [0.1, 0.15) is 11.1 Å². The van der Waals surface area contributed by atoms with Crippen molar-refractivity contribution in [3.63, 3.8) is 0 Å². The standard InChI is InChI=1S/C14H11NO3/c16-13-8-4-7-12(14(13)15(17)18)10-9-11-5-2-1-3-6-11/h1-10,16H/b10-9+. The summed E-state index contributed by atoms with van der Waals surface area (Å²) in [6.07, 6.45) is 3.38. The molecule has 2 rings (SSSR count). The van der Waals surface area contributed by atoms with E-state index >= 15 is 0 Å². The lowest BCUT2D eigenvalue weighted by Crippen LogP contribution is -1.91. The van der Waals surface area contributed by atoms with Gasteiger partial charge in [-0.2, -0.15) is 0 Å². The molecule has 0 spiro atoms. The smallest absolute Gasteiger partial charge is 0.317 e. The summed E-state index contributed by atoms with van der Waals surface area (Å²) in [4.78, 5) is 10.3. The number of nitro groups is 1. The van der Waals surface area contributed by atoms with Crippen LogP contribution < -0.4 is 0 Å². The molecule has 2 aromatic carbocycles. The summed E-state index contributed by atoms with van der Waals surface area (Å²) in [5.74, 6) is -0.324. The van der Waals surface area contributed by atoms with Gasteiger partial charge in [0.05, 0.1) is 10.5 Å². The molecule has 0 aliphatic rings. The number of hydrogen-bond donors (Lipinski definition) is 1. The van der Waals surface area contributed by atoms with Gasteiger partial charge < -0.3 is 5.11 Å². The first-order valence-electron chi connectivity index (χ1n) is 5.38. The molecule has 90 valence electrons. The third-order valence-electron chi connectivity index (χ3n) is 2.48. The minimum absolute atomic E-state index is 0.273. The molecule has 0 bridgehead atoms. The Morgan fingerprint density at radius 3 is 2.39 bits per heavy atom. The van der Waals surface area contributed by atoms with E-state index in [1.54, 1.807) is 24.3 Å². The molecule has 0 heterocycles. The quantitative estimate of drug-likeness (QED) is 0.508. The van der Waals surface area contributed by atoms with E-state index in [9.17, 15) is 15.2 Å². The van der Waals surface area contributed by atoms with Gasteiger partial charge in [0.1, 0.15) is 0 Å². The fraction of sp³-hybridized carbons (Fsp3) is 0. The van der Waals surface area contributed by atoms with Crippen LogP contribution >= 0.6 is 0 Å². The Labute approximate surface area is 104 Å². The van der Waals surface area contributed by atoms with Crippen molar-refractivity contribution in [2.24, 2.45) is 0 Å². The minimum Gasteiger partial charge on any atom is -0.502 e. The molecule has 0 atom stereocenters. The van der Waals surface area contributed by atoms with E-state index in [-0.39, 0.29) is 11.4 Å². The second-order valence-corrected chi connectivity index (χ2v) is 3.72. The molecule has 0 aromatic heterocycles. The zero-order valence-electron chi connectivity index (χ0n) is 9.48. The third kappa shape index (κ3) is 2.55. The Morgan fingerprint density at radius 2 is 1.72 bits per heavy atom. The molecular formula is C14H11NO3. The van der Waals surface area contributed by atoms with Crippen molar-refractivity contribution < 1.29 is 10.0 Å². The van der Waals surface area contributed by atoms with Crippen LogP contribution in [-0.4, -0.2) is 10.0 Å². The van der Waals surface area contributed by atoms with E-state index in [4.69, 9.17) is 0 Å². The molecule has 0 radical (unpaired) electrons. The van der Waals surface area contributed by atoms with Crippen LogP contribution in [0.3, 0.4) is 0 Å². The van der Waals surface area contributed by atoms with Crippen LogP contribution in [0.5, 0.6) is 5.75 Å². The molecule has 0 unspecified atom stereocenters. The molecular weight excluding hydrogens is 230 g/mol. The van der Waals surface area contributed by atoms with Crippen molar-refractivity contribution in [2.45, 2.75) is 0 Å². The van der Waals surface area contributed by atoms with Crippen molar-refractivity contribution in [3.8, 4) is 5.75 Å². The van der Waals surface area contributed by atoms with Gasteiger partial charge in [-0.25, -0.2) is 0 Å². The second-order valence-electron chi connectivity index (χ2n) is 3.72. The van der Waals surface area contributed by atoms with E-state index in [1.807, 2.05) is 30.3 Å². The van der Waals surface area contributed by atoms with Gasteiger partial charge in [0.15, 0.2) is 5.75 Å². The second kappa shape index (κ2) is 5.14. The van der Waals surface area contributed by atoms with E-state index in [0.29, 0.717) is 5.56 Å². The number of nitro benzene ring substituents is 1. The topological polar surface area (TPSA) is 63.4 Å². The van der Waals surface area contributed by atoms with Crippen molar-refractivity contribution in [1.82, 2.24) is 0 Å². The average molecular weight is 241 g/mol. The van der Waals surface area contributed by atoms with Gasteiger partial charge >= 0.3 is 5.69 Å². The van der Waals surface area contributed by atoms with Gasteiger partial charge in [-0.05, 0) is 23.8 Å². The summed E-state index contributed by atoms with van der Waals surface area (Å²) in [5, 5.41) is 20.3. The van der Waals surface area contributed by atoms with Crippen molar-refractivity contribution in [3.05, 3.63) is 69.8 Å². The van der Waals surface area contributed by atoms with Gasteiger partial charge in [-0.3, -0.25) is 10.1 Å². The van der Waals surface area contributed by atoms with E-state index in [2.05, 4.69) is 0 Å². The predicted molar refractivity (Wildman–Crippen MR) is 70.1 cm³/mol. The fourth-order valence-electron chi connectivity index (χ4n) is 1.63. The first-order chi connectivity index (χ1) is 8.68. The van der Waals surface area contributed by atoms with Crippen LogP contribution in [0.2, 0.25) is 0 Å². The zero-order chi connectivity index (χ0) is 13.0. The molecule has 0 fully saturated rings. The van der Waals surface area contributed by atoms with Crippen LogP contribution in [-0.2, 0) is 0 Å². The third-order valence-corrected chi connectivity index (χ3v) is 2.48. The first-order valence-corrected chi connectivity index (χ1v) is 5.38. The van der Waals surface area contributed by atoms with Crippen molar-refractivity contribution in [1.29, 1.82) is 0 Å². The van der Waals surface area contributed by atoms with Gasteiger partial charge in [0.2, 0.25) is 0 Å². The number of phenolic OH excluding ortho intramolecular Hbond substituents is 1. The van der Waals surface area contributed by atoms with Gasteiger partial charge in [0.25, 0.3) is 0 Å². The van der Waals surface area contributed by atoms with Crippen molar-refractivity contribution >= 4 is 17.8 Å². The van der Waals surface area contributed by atoms with Gasteiger partial charge in [-0.1, -0.05) is 42.5 Å². The summed E-state index contributed by atoms with van der Waals surface area (Å²) < 4.78 is 0. The Balaban J connectivity index is 2.38. The Bertz CT molecular complexity index is 591. The normalized spacial score (nSPS) is 10.7. The molecule has 0 aliphatic heterocycles. The fourth-order valence-corrected chi connectivity index (χ4v) is 1.63. The molecule has 1 N–H and O–H groups in total. The number of aromatic hydroxyl groups is 1. The average Bonchev–Trinajstić information content (AvgIpc) is 2.37. The molecule has 18 heavy (non-hydrogen) atoms. The highest BCUT2D eigenvalue weighted by molar-refractivity contribution is 5.76. The number of hydrogen-bond acceptors (Lipinski definition) is 3. The van der Waals surface area contributed by atoms with E-state index in [1.165, 1.54) is 6.07 Å². The highest BCUT2D eigenvalue weighted by Crippen LogP contribution is 2.30. The summed E-state index contributed by atoms with van der Waals surface area (Å²) >= 11 is 0. The van der Waals surface area contributed by atoms with E-state index < -0.39 is 4.92 Å². The Kier molecular flexibility index (Phi) is 3.38. The van der Waals surface area contributed by atoms with Gasteiger partial charge in [0, 0.05) is 0 Å². The van der Waals surface area contributed by atoms with E-state index in [0.717, 1.165) is 5.56 Å². The number of nitrogens with zero attached hydrogens (tertiary/aromatic N) is 1. The first kappa shape index (κ1) is 11.9. The highest BCUT2D eigenvalue weighted by Gasteiger charge is 2.16. The van der Waals surface area contributed by atoms with Crippen molar-refractivity contribution in [2.75, 3.05) is 0 Å². The lowest BCUT2D eigenvalue weighted by molar-refractivity contribution is -0.386. The van der Waals surface area contributed by atoms with Crippen LogP contribution in [0, 0.1) is 10.1 Å². The molecule has 0 saturated carbocycles. The predicted octanol–water partition coefficient (Wildman–Crippen LogP) is 3.47. The maximum absolute atomic E-state index is 10.9. The molecule has 4 heteroatoms. The zero-order valence-corrected chi connectivity index (χ0v) is 9.48.